The molecule has 0 aliphatic carbocycles. The van der Waals surface area contributed by atoms with E-state index in [0.29, 0.717) is 24.5 Å². The van der Waals surface area contributed by atoms with Crippen LogP contribution in [0.15, 0.2) is 16.6 Å². The fraction of sp³-hybridized carbons (Fsp3) is 0.400. The lowest BCUT2D eigenvalue weighted by Gasteiger charge is -2.12. The summed E-state index contributed by atoms with van der Waals surface area (Å²) < 4.78 is 19.6. The van der Waals surface area contributed by atoms with E-state index in [-0.39, 0.29) is 5.82 Å². The van der Waals surface area contributed by atoms with Crippen LogP contribution < -0.4 is 10.1 Å². The number of rotatable bonds is 4. The predicted octanol–water partition coefficient (Wildman–Crippen LogP) is 2.71. The number of halogens is 2. The van der Waals surface area contributed by atoms with Gasteiger partial charge in [0, 0.05) is 12.1 Å². The van der Waals surface area contributed by atoms with Crippen molar-refractivity contribution in [1.82, 2.24) is 5.32 Å². The summed E-state index contributed by atoms with van der Waals surface area (Å²) in [7, 11) is 1.77. The van der Waals surface area contributed by atoms with E-state index >= 15 is 0 Å². The van der Waals surface area contributed by atoms with Crippen LogP contribution in [0.5, 0.6) is 5.75 Å². The first-order chi connectivity index (χ1) is 6.70. The van der Waals surface area contributed by atoms with Gasteiger partial charge in [0.1, 0.15) is 11.6 Å². The molecule has 0 saturated heterocycles. The molecule has 0 amide bonds. The van der Waals surface area contributed by atoms with Gasteiger partial charge in [-0.2, -0.15) is 0 Å². The van der Waals surface area contributed by atoms with Gasteiger partial charge < -0.3 is 10.1 Å². The van der Waals surface area contributed by atoms with Gasteiger partial charge in [0.15, 0.2) is 0 Å². The summed E-state index contributed by atoms with van der Waals surface area (Å²) in [6.07, 6.45) is 0. The minimum atomic E-state index is -0.244. The molecule has 14 heavy (non-hydrogen) atoms. The second-order valence-corrected chi connectivity index (χ2v) is 3.65. The number of benzene rings is 1. The summed E-state index contributed by atoms with van der Waals surface area (Å²) in [6, 6.07) is 3.08. The molecule has 78 valence electrons. The Kier molecular flexibility index (Phi) is 4.35. The van der Waals surface area contributed by atoms with Gasteiger partial charge in [0.25, 0.3) is 0 Å². The highest BCUT2D eigenvalue weighted by molar-refractivity contribution is 9.10. The Morgan fingerprint density at radius 3 is 2.79 bits per heavy atom. The van der Waals surface area contributed by atoms with Crippen molar-refractivity contribution in [3.05, 3.63) is 28.0 Å². The van der Waals surface area contributed by atoms with E-state index in [4.69, 9.17) is 4.74 Å². The number of hydrogen-bond donors (Lipinski definition) is 1. The molecule has 0 bridgehead atoms. The second kappa shape index (κ2) is 5.32. The SMILES string of the molecule is CCOc1c(Br)ccc(F)c1CNC. The molecule has 1 N–H and O–H groups in total. The lowest BCUT2D eigenvalue weighted by molar-refractivity contribution is 0.330. The first kappa shape index (κ1) is 11.5. The third-order valence-electron chi connectivity index (χ3n) is 1.80. The third-order valence-corrected chi connectivity index (χ3v) is 2.42. The first-order valence-corrected chi connectivity index (χ1v) is 5.24. The Hall–Kier alpha value is -0.610. The van der Waals surface area contributed by atoms with Crippen LogP contribution in [0.2, 0.25) is 0 Å². The highest BCUT2D eigenvalue weighted by Crippen LogP contribution is 2.31. The van der Waals surface area contributed by atoms with Crippen molar-refractivity contribution in [1.29, 1.82) is 0 Å². The van der Waals surface area contributed by atoms with Gasteiger partial charge in [-0.25, -0.2) is 4.39 Å². The molecule has 0 aliphatic rings. The van der Waals surface area contributed by atoms with Gasteiger partial charge in [-0.05, 0) is 42.0 Å². The van der Waals surface area contributed by atoms with Gasteiger partial charge in [-0.3, -0.25) is 0 Å². The van der Waals surface area contributed by atoms with Crippen LogP contribution in [0.4, 0.5) is 4.39 Å². The van der Waals surface area contributed by atoms with E-state index in [1.54, 1.807) is 13.1 Å². The zero-order chi connectivity index (χ0) is 10.6. The monoisotopic (exact) mass is 261 g/mol. The summed E-state index contributed by atoms with van der Waals surface area (Å²) in [4.78, 5) is 0. The average molecular weight is 262 g/mol. The molecule has 0 fully saturated rings. The molecule has 1 aromatic carbocycles. The number of hydrogen-bond acceptors (Lipinski definition) is 2. The fourth-order valence-corrected chi connectivity index (χ4v) is 1.70. The third kappa shape index (κ3) is 2.45. The molecule has 2 nitrogen and oxygen atoms in total. The van der Waals surface area contributed by atoms with Crippen LogP contribution in [-0.4, -0.2) is 13.7 Å². The molecular formula is C10H13BrFNO. The Bertz CT molecular complexity index is 286. The predicted molar refractivity (Wildman–Crippen MR) is 58.0 cm³/mol. The van der Waals surface area contributed by atoms with Crippen molar-refractivity contribution < 1.29 is 9.13 Å². The summed E-state index contributed by atoms with van der Waals surface area (Å²) in [6.45, 7) is 2.86. The second-order valence-electron chi connectivity index (χ2n) is 2.80. The van der Waals surface area contributed by atoms with Crippen LogP contribution in [0.3, 0.4) is 0 Å². The van der Waals surface area contributed by atoms with Crippen molar-refractivity contribution in [2.45, 2.75) is 13.5 Å². The lowest BCUT2D eigenvalue weighted by atomic mass is 10.2. The summed E-state index contributed by atoms with van der Waals surface area (Å²) in [5.74, 6) is 0.341. The van der Waals surface area contributed by atoms with Crippen LogP contribution in [0, 0.1) is 5.82 Å². The lowest BCUT2D eigenvalue weighted by Crippen LogP contribution is -2.10. The highest BCUT2D eigenvalue weighted by atomic mass is 79.9. The van der Waals surface area contributed by atoms with Gasteiger partial charge in [0.2, 0.25) is 0 Å². The molecular weight excluding hydrogens is 249 g/mol. The molecule has 0 spiro atoms. The van der Waals surface area contributed by atoms with Gasteiger partial charge >= 0.3 is 0 Å². The molecule has 0 aliphatic heterocycles. The first-order valence-electron chi connectivity index (χ1n) is 4.45. The van der Waals surface area contributed by atoms with Crippen molar-refractivity contribution >= 4 is 15.9 Å². The quantitative estimate of drug-likeness (QED) is 0.900. The minimum Gasteiger partial charge on any atom is -0.492 e. The molecule has 0 heterocycles. The minimum absolute atomic E-state index is 0.244. The Morgan fingerprint density at radius 2 is 2.21 bits per heavy atom. The van der Waals surface area contributed by atoms with E-state index in [1.807, 2.05) is 6.92 Å². The summed E-state index contributed by atoms with van der Waals surface area (Å²) in [5, 5.41) is 2.91. The van der Waals surface area contributed by atoms with Crippen molar-refractivity contribution in [3.8, 4) is 5.75 Å². The maximum absolute atomic E-state index is 13.4. The molecule has 0 aromatic heterocycles. The van der Waals surface area contributed by atoms with Crippen LogP contribution in [-0.2, 0) is 6.54 Å². The topological polar surface area (TPSA) is 21.3 Å². The summed E-state index contributed by atoms with van der Waals surface area (Å²) >= 11 is 3.33. The zero-order valence-electron chi connectivity index (χ0n) is 8.23. The average Bonchev–Trinajstić information content (AvgIpc) is 2.17. The van der Waals surface area contributed by atoms with E-state index in [2.05, 4.69) is 21.2 Å². The van der Waals surface area contributed by atoms with Crippen molar-refractivity contribution in [2.24, 2.45) is 0 Å². The van der Waals surface area contributed by atoms with Crippen molar-refractivity contribution in [2.75, 3.05) is 13.7 Å². The molecule has 0 saturated carbocycles. The van der Waals surface area contributed by atoms with E-state index < -0.39 is 0 Å². The zero-order valence-corrected chi connectivity index (χ0v) is 9.82. The molecule has 1 aromatic rings. The van der Waals surface area contributed by atoms with Gasteiger partial charge in [0.05, 0.1) is 11.1 Å². The normalized spacial score (nSPS) is 10.3. The summed E-state index contributed by atoms with van der Waals surface area (Å²) in [5.41, 5.74) is 0.559. The standard InChI is InChI=1S/C10H13BrFNO/c1-3-14-10-7(6-13-2)9(12)5-4-8(10)11/h4-5,13H,3,6H2,1-2H3. The number of nitrogens with one attached hydrogen (secondary N) is 1. The fourth-order valence-electron chi connectivity index (χ4n) is 1.22. The van der Waals surface area contributed by atoms with E-state index in [9.17, 15) is 4.39 Å². The molecule has 0 radical (unpaired) electrons. The molecule has 4 heteroatoms. The Labute approximate surface area is 91.6 Å². The number of ether oxygens (including phenoxy) is 1. The van der Waals surface area contributed by atoms with Crippen LogP contribution in [0.1, 0.15) is 12.5 Å². The Balaban J connectivity index is 3.12. The maximum Gasteiger partial charge on any atom is 0.140 e. The highest BCUT2D eigenvalue weighted by Gasteiger charge is 2.12. The van der Waals surface area contributed by atoms with E-state index in [0.717, 1.165) is 4.47 Å². The largest absolute Gasteiger partial charge is 0.492 e. The van der Waals surface area contributed by atoms with Gasteiger partial charge in [-0.1, -0.05) is 0 Å². The molecule has 0 unspecified atom stereocenters. The van der Waals surface area contributed by atoms with Gasteiger partial charge in [-0.15, -0.1) is 0 Å². The molecule has 1 rings (SSSR count). The van der Waals surface area contributed by atoms with E-state index in [1.165, 1.54) is 6.07 Å². The van der Waals surface area contributed by atoms with Crippen molar-refractivity contribution in [3.63, 3.8) is 0 Å². The smallest absolute Gasteiger partial charge is 0.140 e. The Morgan fingerprint density at radius 1 is 1.50 bits per heavy atom. The maximum atomic E-state index is 13.4. The van der Waals surface area contributed by atoms with Crippen LogP contribution in [0.25, 0.3) is 0 Å². The molecule has 0 atom stereocenters. The van der Waals surface area contributed by atoms with Crippen LogP contribution >= 0.6 is 15.9 Å².